The van der Waals surface area contributed by atoms with E-state index < -0.39 is 0 Å². The van der Waals surface area contributed by atoms with Gasteiger partial charge in [-0.25, -0.2) is 0 Å². The second-order valence-electron chi connectivity index (χ2n) is 3.46. The van der Waals surface area contributed by atoms with Gasteiger partial charge in [0.2, 0.25) is 0 Å². The second-order valence-corrected chi connectivity index (χ2v) is 4.53. The van der Waals surface area contributed by atoms with Gasteiger partial charge in [-0.1, -0.05) is 24.3 Å². The number of aliphatic hydroxyl groups is 1. The lowest BCUT2D eigenvalue weighted by Gasteiger charge is -2.28. The number of aryl methyl sites for hydroxylation is 1. The van der Waals surface area contributed by atoms with E-state index in [-0.39, 0.29) is 6.10 Å². The summed E-state index contributed by atoms with van der Waals surface area (Å²) in [5, 5.41) is 10.4. The van der Waals surface area contributed by atoms with Crippen molar-refractivity contribution >= 4 is 11.8 Å². The third-order valence-corrected chi connectivity index (χ3v) is 3.83. The molecular formula is C11H14OS. The van der Waals surface area contributed by atoms with Crippen LogP contribution in [0.5, 0.6) is 0 Å². The lowest BCUT2D eigenvalue weighted by Crippen LogP contribution is -2.22. The van der Waals surface area contributed by atoms with Crippen molar-refractivity contribution in [1.82, 2.24) is 0 Å². The van der Waals surface area contributed by atoms with Gasteiger partial charge in [-0.3, -0.25) is 0 Å². The number of hydrogen-bond acceptors (Lipinski definition) is 2. The summed E-state index contributed by atoms with van der Waals surface area (Å²) in [5.74, 6) is 0. The lowest BCUT2D eigenvalue weighted by atomic mass is 9.89. The van der Waals surface area contributed by atoms with Crippen LogP contribution in [-0.2, 0) is 6.42 Å². The van der Waals surface area contributed by atoms with Crippen LogP contribution in [0.2, 0.25) is 0 Å². The Morgan fingerprint density at radius 1 is 1.38 bits per heavy atom. The normalized spacial score (nSPS) is 26.9. The van der Waals surface area contributed by atoms with Gasteiger partial charge in [0.25, 0.3) is 0 Å². The van der Waals surface area contributed by atoms with Gasteiger partial charge in [0.05, 0.1) is 6.10 Å². The fourth-order valence-electron chi connectivity index (χ4n) is 1.95. The average Bonchev–Trinajstić information content (AvgIpc) is 2.19. The molecule has 2 unspecified atom stereocenters. The van der Waals surface area contributed by atoms with Crippen LogP contribution in [0.15, 0.2) is 24.3 Å². The molecule has 1 aliphatic carbocycles. The molecule has 1 aliphatic rings. The first-order valence-corrected chi connectivity index (χ1v) is 5.90. The largest absolute Gasteiger partial charge is 0.387 e. The van der Waals surface area contributed by atoms with Crippen molar-refractivity contribution in [3.05, 3.63) is 35.4 Å². The summed E-state index contributed by atoms with van der Waals surface area (Å²) in [5.41, 5.74) is 2.45. The monoisotopic (exact) mass is 194 g/mol. The molecule has 0 aromatic heterocycles. The third kappa shape index (κ3) is 1.61. The minimum atomic E-state index is -0.264. The van der Waals surface area contributed by atoms with Gasteiger partial charge in [-0.05, 0) is 30.2 Å². The number of rotatable bonds is 1. The molecular weight excluding hydrogens is 180 g/mol. The van der Waals surface area contributed by atoms with Crippen LogP contribution in [0.1, 0.15) is 23.7 Å². The van der Waals surface area contributed by atoms with Gasteiger partial charge < -0.3 is 5.11 Å². The van der Waals surface area contributed by atoms with E-state index in [1.54, 1.807) is 11.8 Å². The van der Waals surface area contributed by atoms with Crippen LogP contribution in [-0.4, -0.2) is 16.6 Å². The van der Waals surface area contributed by atoms with E-state index in [1.807, 2.05) is 18.2 Å². The maximum Gasteiger partial charge on any atom is 0.0911 e. The molecule has 1 aromatic carbocycles. The Kier molecular flexibility index (Phi) is 2.61. The molecule has 0 bridgehead atoms. The van der Waals surface area contributed by atoms with Crippen LogP contribution in [0.4, 0.5) is 0 Å². The second kappa shape index (κ2) is 3.72. The Morgan fingerprint density at radius 3 is 2.92 bits per heavy atom. The average molecular weight is 194 g/mol. The van der Waals surface area contributed by atoms with E-state index in [2.05, 4.69) is 12.3 Å². The molecule has 0 aliphatic heterocycles. The summed E-state index contributed by atoms with van der Waals surface area (Å²) in [6.07, 6.45) is 4.01. The van der Waals surface area contributed by atoms with Crippen molar-refractivity contribution in [1.29, 1.82) is 0 Å². The van der Waals surface area contributed by atoms with Gasteiger partial charge in [-0.2, -0.15) is 11.8 Å². The van der Waals surface area contributed by atoms with Crippen LogP contribution in [0, 0.1) is 0 Å². The van der Waals surface area contributed by atoms with Gasteiger partial charge in [0.15, 0.2) is 0 Å². The van der Waals surface area contributed by atoms with Gasteiger partial charge in [0, 0.05) is 5.25 Å². The van der Waals surface area contributed by atoms with Crippen molar-refractivity contribution in [3.8, 4) is 0 Å². The predicted octanol–water partition coefficient (Wildman–Crippen LogP) is 2.40. The van der Waals surface area contributed by atoms with Crippen molar-refractivity contribution in [2.24, 2.45) is 0 Å². The van der Waals surface area contributed by atoms with Gasteiger partial charge in [-0.15, -0.1) is 0 Å². The summed E-state index contributed by atoms with van der Waals surface area (Å²) in [6, 6.07) is 8.22. The Hall–Kier alpha value is -0.470. The minimum absolute atomic E-state index is 0.264. The van der Waals surface area contributed by atoms with Gasteiger partial charge in [0.1, 0.15) is 0 Å². The first-order valence-electron chi connectivity index (χ1n) is 4.61. The molecule has 2 heteroatoms. The first kappa shape index (κ1) is 9.10. The van der Waals surface area contributed by atoms with Crippen LogP contribution in [0.25, 0.3) is 0 Å². The summed E-state index contributed by atoms with van der Waals surface area (Å²) in [6.45, 7) is 0. The number of benzene rings is 1. The molecule has 1 nitrogen and oxygen atoms in total. The quantitative estimate of drug-likeness (QED) is 0.740. The van der Waals surface area contributed by atoms with Crippen LogP contribution < -0.4 is 0 Å². The highest BCUT2D eigenvalue weighted by Gasteiger charge is 2.26. The van der Waals surface area contributed by atoms with Crippen molar-refractivity contribution in [3.63, 3.8) is 0 Å². The third-order valence-electron chi connectivity index (χ3n) is 2.73. The Balaban J connectivity index is 2.33. The highest BCUT2D eigenvalue weighted by Crippen LogP contribution is 2.35. The van der Waals surface area contributed by atoms with Gasteiger partial charge >= 0.3 is 0 Å². The maximum absolute atomic E-state index is 10.0. The number of aliphatic hydroxyl groups excluding tert-OH is 1. The summed E-state index contributed by atoms with van der Waals surface area (Å²) in [4.78, 5) is 0. The highest BCUT2D eigenvalue weighted by molar-refractivity contribution is 7.99. The number of fused-ring (bicyclic) bond motifs is 1. The molecule has 0 saturated heterocycles. The van der Waals surface area contributed by atoms with Crippen molar-refractivity contribution in [2.75, 3.05) is 6.26 Å². The molecule has 1 N–H and O–H groups in total. The molecule has 2 atom stereocenters. The zero-order valence-corrected chi connectivity index (χ0v) is 8.55. The molecule has 0 radical (unpaired) electrons. The van der Waals surface area contributed by atoms with E-state index in [9.17, 15) is 5.11 Å². The standard InChI is InChI=1S/C11H14OS/c1-13-10-7-6-8-4-2-3-5-9(8)11(10)12/h2-5,10-12H,6-7H2,1H3. The van der Waals surface area contributed by atoms with E-state index in [4.69, 9.17) is 0 Å². The molecule has 0 fully saturated rings. The van der Waals surface area contributed by atoms with E-state index in [0.717, 1.165) is 18.4 Å². The highest BCUT2D eigenvalue weighted by atomic mass is 32.2. The molecule has 1 aromatic rings. The van der Waals surface area contributed by atoms with E-state index in [1.165, 1.54) is 5.56 Å². The number of hydrogen-bond donors (Lipinski definition) is 1. The fraction of sp³-hybridized carbons (Fsp3) is 0.455. The molecule has 13 heavy (non-hydrogen) atoms. The SMILES string of the molecule is CSC1CCc2ccccc2C1O. The smallest absolute Gasteiger partial charge is 0.0911 e. The van der Waals surface area contributed by atoms with Crippen molar-refractivity contribution in [2.45, 2.75) is 24.2 Å². The fourth-order valence-corrected chi connectivity index (χ4v) is 2.71. The summed E-state index contributed by atoms with van der Waals surface area (Å²) < 4.78 is 0. The molecule has 0 amide bonds. The summed E-state index contributed by atoms with van der Waals surface area (Å²) in [7, 11) is 0. The molecule has 2 rings (SSSR count). The molecule has 70 valence electrons. The maximum atomic E-state index is 10.0. The Labute approximate surface area is 83.2 Å². The van der Waals surface area contributed by atoms with Crippen LogP contribution >= 0.6 is 11.8 Å². The summed E-state index contributed by atoms with van der Waals surface area (Å²) >= 11 is 1.77. The topological polar surface area (TPSA) is 20.2 Å². The van der Waals surface area contributed by atoms with Crippen molar-refractivity contribution < 1.29 is 5.11 Å². The predicted molar refractivity (Wildman–Crippen MR) is 57.0 cm³/mol. The zero-order valence-electron chi connectivity index (χ0n) is 7.73. The Bertz CT molecular complexity index is 298. The lowest BCUT2D eigenvalue weighted by molar-refractivity contribution is 0.163. The molecule has 0 heterocycles. The van der Waals surface area contributed by atoms with Crippen LogP contribution in [0.3, 0.4) is 0 Å². The molecule has 0 saturated carbocycles. The zero-order chi connectivity index (χ0) is 9.26. The van der Waals surface area contributed by atoms with E-state index >= 15 is 0 Å². The van der Waals surface area contributed by atoms with E-state index in [0.29, 0.717) is 5.25 Å². The first-order chi connectivity index (χ1) is 6.33. The minimum Gasteiger partial charge on any atom is -0.387 e. The Morgan fingerprint density at radius 2 is 2.15 bits per heavy atom. The number of thioether (sulfide) groups is 1. The molecule has 0 spiro atoms.